The summed E-state index contributed by atoms with van der Waals surface area (Å²) >= 11 is 0. The lowest BCUT2D eigenvalue weighted by molar-refractivity contribution is 0.0697. The van der Waals surface area contributed by atoms with Gasteiger partial charge in [0.15, 0.2) is 0 Å². The molecule has 0 aliphatic heterocycles. The normalized spacial score (nSPS) is 18.7. The van der Waals surface area contributed by atoms with Crippen molar-refractivity contribution in [3.8, 4) is 17.2 Å². The minimum atomic E-state index is -1.05. The minimum Gasteiger partial charge on any atom is -0.478 e. The molecule has 3 rings (SSSR count). The smallest absolute Gasteiger partial charge is 0.336 e. The van der Waals surface area contributed by atoms with E-state index in [1.54, 1.807) is 18.2 Å². The van der Waals surface area contributed by atoms with Crippen LogP contribution >= 0.6 is 0 Å². The van der Waals surface area contributed by atoms with E-state index in [0.717, 1.165) is 57.3 Å². The molecule has 30 heavy (non-hydrogen) atoms. The Morgan fingerprint density at radius 2 is 1.97 bits per heavy atom. The van der Waals surface area contributed by atoms with Crippen LogP contribution in [0, 0.1) is 23.1 Å². The van der Waals surface area contributed by atoms with Crippen molar-refractivity contribution < 1.29 is 19.0 Å². The molecule has 0 heterocycles. The van der Waals surface area contributed by atoms with E-state index in [0.29, 0.717) is 23.0 Å². The Hall–Kier alpha value is -2.71. The van der Waals surface area contributed by atoms with Crippen molar-refractivity contribution in [3.63, 3.8) is 0 Å². The van der Waals surface area contributed by atoms with E-state index in [9.17, 15) is 14.3 Å². The Labute approximate surface area is 177 Å². The van der Waals surface area contributed by atoms with Crippen LogP contribution in [0.4, 0.5) is 4.39 Å². The van der Waals surface area contributed by atoms with Crippen molar-refractivity contribution in [3.05, 3.63) is 58.9 Å². The maximum absolute atomic E-state index is 14.1. The van der Waals surface area contributed by atoms with E-state index >= 15 is 0 Å². The van der Waals surface area contributed by atoms with Gasteiger partial charge in [-0.15, -0.1) is 0 Å². The van der Waals surface area contributed by atoms with Gasteiger partial charge >= 0.3 is 5.97 Å². The molecule has 2 aromatic carbocycles. The highest BCUT2D eigenvalue weighted by atomic mass is 19.1. The number of carboxylic acid groups (broad SMARTS) is 1. The Balaban J connectivity index is 1.76. The quantitative estimate of drug-likeness (QED) is 0.531. The van der Waals surface area contributed by atoms with Crippen LogP contribution in [0.2, 0.25) is 0 Å². The molecule has 0 bridgehead atoms. The fraction of sp³-hybridized carbons (Fsp3) is 0.440. The number of unbranched alkanes of at least 4 members (excludes halogenated alkanes) is 1. The molecule has 4 nitrogen and oxygen atoms in total. The van der Waals surface area contributed by atoms with Crippen molar-refractivity contribution in [1.29, 1.82) is 5.26 Å². The molecule has 0 unspecified atom stereocenters. The zero-order chi connectivity index (χ0) is 21.5. The van der Waals surface area contributed by atoms with Crippen LogP contribution in [-0.4, -0.2) is 24.3 Å². The number of benzene rings is 2. The molecule has 1 saturated carbocycles. The van der Waals surface area contributed by atoms with Gasteiger partial charge in [-0.1, -0.05) is 31.5 Å². The molecule has 1 fully saturated rings. The number of ether oxygens (including phenoxy) is 1. The molecule has 0 radical (unpaired) electrons. The van der Waals surface area contributed by atoms with E-state index in [1.165, 1.54) is 12.1 Å². The summed E-state index contributed by atoms with van der Waals surface area (Å²) in [6, 6.07) is 11.4. The fourth-order valence-corrected chi connectivity index (χ4v) is 4.17. The molecular formula is C25H28FNO3. The molecule has 0 aromatic heterocycles. The predicted molar refractivity (Wildman–Crippen MR) is 114 cm³/mol. The van der Waals surface area contributed by atoms with Crippen molar-refractivity contribution in [1.82, 2.24) is 0 Å². The first-order valence-electron chi connectivity index (χ1n) is 10.7. The van der Waals surface area contributed by atoms with E-state index in [1.807, 2.05) is 12.1 Å². The van der Waals surface area contributed by atoms with Gasteiger partial charge in [0.25, 0.3) is 0 Å². The summed E-state index contributed by atoms with van der Waals surface area (Å²) in [5.41, 5.74) is 2.15. The molecule has 0 atom stereocenters. The molecule has 0 amide bonds. The van der Waals surface area contributed by atoms with Gasteiger partial charge in [-0.3, -0.25) is 0 Å². The highest BCUT2D eigenvalue weighted by molar-refractivity contribution is 5.96. The summed E-state index contributed by atoms with van der Waals surface area (Å²) in [4.78, 5) is 11.7. The van der Waals surface area contributed by atoms with Gasteiger partial charge in [-0.25, -0.2) is 9.18 Å². The summed E-state index contributed by atoms with van der Waals surface area (Å²) < 4.78 is 19.9. The summed E-state index contributed by atoms with van der Waals surface area (Å²) in [5, 5.41) is 18.5. The molecule has 158 valence electrons. The number of nitriles is 1. The van der Waals surface area contributed by atoms with Gasteiger partial charge in [0, 0.05) is 13.2 Å². The summed E-state index contributed by atoms with van der Waals surface area (Å²) in [6.45, 7) is 3.81. The van der Waals surface area contributed by atoms with E-state index in [-0.39, 0.29) is 11.1 Å². The zero-order valence-electron chi connectivity index (χ0n) is 17.4. The minimum absolute atomic E-state index is 0.0498. The first-order chi connectivity index (χ1) is 14.5. The number of carboxylic acids is 1. The average Bonchev–Trinajstić information content (AvgIpc) is 2.76. The Bertz CT molecular complexity index is 926. The van der Waals surface area contributed by atoms with E-state index < -0.39 is 11.8 Å². The third-order valence-electron chi connectivity index (χ3n) is 5.99. The third kappa shape index (κ3) is 5.25. The average molecular weight is 410 g/mol. The van der Waals surface area contributed by atoms with E-state index in [2.05, 4.69) is 6.92 Å². The summed E-state index contributed by atoms with van der Waals surface area (Å²) in [7, 11) is 0. The van der Waals surface area contributed by atoms with Crippen LogP contribution in [0.3, 0.4) is 0 Å². The van der Waals surface area contributed by atoms with Crippen LogP contribution in [0.5, 0.6) is 0 Å². The largest absolute Gasteiger partial charge is 0.478 e. The van der Waals surface area contributed by atoms with Crippen LogP contribution in [0.1, 0.15) is 72.9 Å². The van der Waals surface area contributed by atoms with Crippen molar-refractivity contribution >= 4 is 5.97 Å². The molecule has 0 saturated heterocycles. The van der Waals surface area contributed by atoms with Gasteiger partial charge in [0.2, 0.25) is 0 Å². The lowest BCUT2D eigenvalue weighted by Crippen LogP contribution is -2.18. The maximum Gasteiger partial charge on any atom is 0.336 e. The van der Waals surface area contributed by atoms with Gasteiger partial charge < -0.3 is 9.84 Å². The van der Waals surface area contributed by atoms with Gasteiger partial charge in [-0.05, 0) is 78.8 Å². The van der Waals surface area contributed by atoms with Crippen LogP contribution in [-0.2, 0) is 4.74 Å². The molecule has 2 aromatic rings. The van der Waals surface area contributed by atoms with Gasteiger partial charge in [0.05, 0.1) is 11.1 Å². The van der Waals surface area contributed by atoms with Crippen molar-refractivity contribution in [2.75, 3.05) is 13.2 Å². The second-order valence-electron chi connectivity index (χ2n) is 8.06. The lowest BCUT2D eigenvalue weighted by atomic mass is 9.78. The standard InChI is InChI=1S/C25H28FNO3/c1-2-3-12-30-16-17-4-6-18(7-5-17)19-10-11-22(25(28)29)23(13-19)20-8-9-21(15-27)24(26)14-20/h8-11,13-14,17-18H,2-7,12,16H2,1H3,(H,28,29)/t17-,18-. The Morgan fingerprint density at radius 1 is 1.20 bits per heavy atom. The second kappa shape index (κ2) is 10.4. The molecule has 1 N–H and O–H groups in total. The molecule has 1 aliphatic rings. The zero-order valence-corrected chi connectivity index (χ0v) is 17.4. The number of hydrogen-bond donors (Lipinski definition) is 1. The van der Waals surface area contributed by atoms with Gasteiger partial charge in [0.1, 0.15) is 11.9 Å². The van der Waals surface area contributed by atoms with Gasteiger partial charge in [-0.2, -0.15) is 5.26 Å². The predicted octanol–water partition coefficient (Wildman–Crippen LogP) is 6.15. The number of halogens is 1. The van der Waals surface area contributed by atoms with Crippen LogP contribution < -0.4 is 0 Å². The summed E-state index contributed by atoms with van der Waals surface area (Å²) in [6.07, 6.45) is 6.51. The topological polar surface area (TPSA) is 70.3 Å². The highest BCUT2D eigenvalue weighted by Gasteiger charge is 2.24. The Morgan fingerprint density at radius 3 is 2.60 bits per heavy atom. The molecule has 5 heteroatoms. The number of aromatic carboxylic acids is 1. The molecule has 1 aliphatic carbocycles. The number of rotatable bonds is 8. The van der Waals surface area contributed by atoms with Crippen LogP contribution in [0.25, 0.3) is 11.1 Å². The van der Waals surface area contributed by atoms with Crippen LogP contribution in [0.15, 0.2) is 36.4 Å². The maximum atomic E-state index is 14.1. The molecule has 0 spiro atoms. The second-order valence-corrected chi connectivity index (χ2v) is 8.06. The third-order valence-corrected chi connectivity index (χ3v) is 5.99. The highest BCUT2D eigenvalue weighted by Crippen LogP contribution is 2.38. The number of hydrogen-bond acceptors (Lipinski definition) is 3. The first-order valence-corrected chi connectivity index (χ1v) is 10.7. The first kappa shape index (κ1) is 22.0. The van der Waals surface area contributed by atoms with Crippen molar-refractivity contribution in [2.45, 2.75) is 51.4 Å². The Kier molecular flexibility index (Phi) is 7.59. The molecular weight excluding hydrogens is 381 g/mol. The number of carbonyl (C=O) groups is 1. The van der Waals surface area contributed by atoms with Crippen molar-refractivity contribution in [2.24, 2.45) is 5.92 Å². The SMILES string of the molecule is CCCCOC[C@H]1CC[C@H](c2ccc(C(=O)O)c(-c3ccc(C#N)c(F)c3)c2)CC1. The lowest BCUT2D eigenvalue weighted by Gasteiger charge is -2.29. The van der Waals surface area contributed by atoms with E-state index in [4.69, 9.17) is 10.00 Å². The number of nitrogens with zero attached hydrogens (tertiary/aromatic N) is 1. The fourth-order valence-electron chi connectivity index (χ4n) is 4.17. The monoisotopic (exact) mass is 409 g/mol. The summed E-state index contributed by atoms with van der Waals surface area (Å²) in [5.74, 6) is -0.736.